The molecule has 0 fully saturated rings. The van der Waals surface area contributed by atoms with Gasteiger partial charge in [0.1, 0.15) is 30.4 Å². The average Bonchev–Trinajstić information content (AvgIpc) is 3.53. The summed E-state index contributed by atoms with van der Waals surface area (Å²) < 4.78 is 14.7. The molecule has 0 spiro atoms. The quantitative estimate of drug-likeness (QED) is 0.133. The summed E-state index contributed by atoms with van der Waals surface area (Å²) >= 11 is 5.10. The highest BCUT2D eigenvalue weighted by molar-refractivity contribution is 7.09. The van der Waals surface area contributed by atoms with E-state index in [1.165, 1.54) is 33.9 Å². The Hall–Kier alpha value is -6.17. The molecule has 0 amide bonds. The number of oxazole rings is 3. The van der Waals surface area contributed by atoms with Crippen LogP contribution in [-0.2, 0) is 0 Å². The van der Waals surface area contributed by atoms with Crippen molar-refractivity contribution in [3.05, 3.63) is 183 Å². The molecule has 9 heterocycles. The maximum atomic E-state index is 4.98. The zero-order chi connectivity index (χ0) is 74.0. The van der Waals surface area contributed by atoms with Crippen molar-refractivity contribution < 1.29 is 13.3 Å². The molecule has 14 nitrogen and oxygen atoms in total. The maximum Gasteiger partial charge on any atom is 0.196 e. The van der Waals surface area contributed by atoms with Crippen LogP contribution in [0.25, 0.3) is 0 Å². The van der Waals surface area contributed by atoms with Gasteiger partial charge in [-0.1, -0.05) is 278 Å². The minimum absolute atomic E-state index is 0. The first-order valence-electron chi connectivity index (χ1n) is 34.5. The Morgan fingerprint density at radius 1 is 0.365 bits per heavy atom. The van der Waals surface area contributed by atoms with E-state index in [1.54, 1.807) is 77.7 Å². The molecule has 0 unspecified atom stereocenters. The predicted octanol–water partition coefficient (Wildman–Crippen LogP) is 28.7. The Balaban J connectivity index is -0.0000000799. The second kappa shape index (κ2) is 90.9. The molecule has 17 heteroatoms. The molecule has 9 aromatic rings. The number of thiazole rings is 3. The molecule has 0 aliphatic rings. The topological polar surface area (TPSA) is 181 Å². The van der Waals surface area contributed by atoms with E-state index in [-0.39, 0.29) is 22.3 Å². The summed E-state index contributed by atoms with van der Waals surface area (Å²) in [4.78, 5) is 45.4. The minimum atomic E-state index is 0. The van der Waals surface area contributed by atoms with E-state index in [0.717, 1.165) is 28.9 Å². The first-order valence-corrected chi connectivity index (χ1v) is 37.2. The molecule has 9 rings (SSSR count). The highest BCUT2D eigenvalue weighted by Gasteiger charge is 2.03. The van der Waals surface area contributed by atoms with Crippen LogP contribution in [0.2, 0.25) is 0 Å². The van der Waals surface area contributed by atoms with Crippen LogP contribution in [0.15, 0.2) is 147 Å². The smallest absolute Gasteiger partial charge is 0.196 e. The lowest BCUT2D eigenvalue weighted by atomic mass is 10.1. The van der Waals surface area contributed by atoms with Crippen molar-refractivity contribution in [1.82, 2.24) is 54.8 Å². The molecule has 9 aromatic heterocycles. The highest BCUT2D eigenvalue weighted by Crippen LogP contribution is 2.18. The Labute approximate surface area is 606 Å². The number of pyridine rings is 1. The lowest BCUT2D eigenvalue weighted by Gasteiger charge is -2.00. The normalized spacial score (nSPS) is 8.59. The SMILES string of the molecule is C.C.C.CC.CC.CC.CC.CC.CC.CC.CC.CC.CC(C)c1ccccn1.CC(C)c1cncnc1.CC(C)c1cnco1.CC(C)c1cncs1.CC(C)c1cocn1.CC(C)c1cscn1.CC(C)c1ncccn1.CC(C)c1ncco1.CC(C)c1nccs1. The molecular weight excluding hydrogens is 1250 g/mol. The summed E-state index contributed by atoms with van der Waals surface area (Å²) in [6.45, 7) is 74.0. The van der Waals surface area contributed by atoms with Crippen molar-refractivity contribution >= 4 is 34.0 Å². The molecule has 0 saturated carbocycles. The van der Waals surface area contributed by atoms with E-state index in [0.29, 0.717) is 53.3 Å². The summed E-state index contributed by atoms with van der Waals surface area (Å²) in [5, 5.41) is 5.32. The second-order valence-electron chi connectivity index (χ2n) is 19.3. The molecule has 0 N–H and O–H groups in total. The van der Waals surface area contributed by atoms with Gasteiger partial charge in [-0.15, -0.1) is 34.0 Å². The second-order valence-corrected chi connectivity index (χ2v) is 21.9. The highest BCUT2D eigenvalue weighted by atomic mass is 32.1. The summed E-state index contributed by atoms with van der Waals surface area (Å²) in [7, 11) is 0. The van der Waals surface area contributed by atoms with E-state index < -0.39 is 0 Å². The summed E-state index contributed by atoms with van der Waals surface area (Å²) in [6.07, 6.45) is 23.9. The molecule has 96 heavy (non-hydrogen) atoms. The zero-order valence-corrected chi connectivity index (χ0v) is 68.2. The number of rotatable bonds is 9. The minimum Gasteiger partial charge on any atom is -0.451 e. The van der Waals surface area contributed by atoms with Crippen LogP contribution in [0, 0.1) is 0 Å². The van der Waals surface area contributed by atoms with Gasteiger partial charge in [0.25, 0.3) is 0 Å². The third-order valence-corrected chi connectivity index (χ3v) is 12.4. The van der Waals surface area contributed by atoms with Crippen molar-refractivity contribution in [3.63, 3.8) is 0 Å². The van der Waals surface area contributed by atoms with Crippen LogP contribution in [0.5, 0.6) is 0 Å². The van der Waals surface area contributed by atoms with Crippen LogP contribution in [0.3, 0.4) is 0 Å². The van der Waals surface area contributed by atoms with Crippen molar-refractivity contribution in [2.45, 2.75) is 325 Å². The van der Waals surface area contributed by atoms with Crippen LogP contribution in [0.1, 0.15) is 375 Å². The Bertz CT molecular complexity index is 2130. The van der Waals surface area contributed by atoms with Gasteiger partial charge in [0.05, 0.1) is 39.8 Å². The van der Waals surface area contributed by atoms with E-state index >= 15 is 0 Å². The van der Waals surface area contributed by atoms with Gasteiger partial charge in [-0.05, 0) is 53.4 Å². The zero-order valence-electron chi connectivity index (χ0n) is 65.8. The molecule has 0 bridgehead atoms. The van der Waals surface area contributed by atoms with Crippen LogP contribution >= 0.6 is 34.0 Å². The van der Waals surface area contributed by atoms with Gasteiger partial charge < -0.3 is 13.3 Å². The summed E-state index contributed by atoms with van der Waals surface area (Å²) in [5.41, 5.74) is 8.32. The fraction of sp³-hybridized carbons (Fsp3) is 0.608. The Morgan fingerprint density at radius 2 is 0.885 bits per heavy atom. The predicted molar refractivity (Wildman–Crippen MR) is 433 cm³/mol. The van der Waals surface area contributed by atoms with Crippen molar-refractivity contribution in [3.8, 4) is 0 Å². The average molecular weight is 1400 g/mol. The van der Waals surface area contributed by atoms with Gasteiger partial charge in [0.15, 0.2) is 18.7 Å². The molecule has 0 radical (unpaired) electrons. The van der Waals surface area contributed by atoms with E-state index in [9.17, 15) is 0 Å². The number of hydrogen-bond donors (Lipinski definition) is 0. The van der Waals surface area contributed by atoms with Gasteiger partial charge in [-0.25, -0.2) is 44.9 Å². The molecular formula is C79H151N11O3S3. The van der Waals surface area contributed by atoms with Gasteiger partial charge in [-0.3, -0.25) is 9.97 Å². The van der Waals surface area contributed by atoms with E-state index in [2.05, 4.69) is 171 Å². The summed E-state index contributed by atoms with van der Waals surface area (Å²) in [6, 6.07) is 7.82. The fourth-order valence-electron chi connectivity index (χ4n) is 5.01. The summed E-state index contributed by atoms with van der Waals surface area (Å²) in [5.74, 6) is 7.35. The van der Waals surface area contributed by atoms with Crippen molar-refractivity contribution in [2.75, 3.05) is 0 Å². The largest absolute Gasteiger partial charge is 0.451 e. The van der Waals surface area contributed by atoms with Crippen LogP contribution in [-0.4, -0.2) is 54.8 Å². The van der Waals surface area contributed by atoms with Crippen LogP contribution < -0.4 is 0 Å². The molecule has 0 aliphatic heterocycles. The van der Waals surface area contributed by atoms with Crippen LogP contribution in [0.4, 0.5) is 0 Å². The lowest BCUT2D eigenvalue weighted by molar-refractivity contribution is 0.471. The van der Waals surface area contributed by atoms with Gasteiger partial charge >= 0.3 is 0 Å². The Kier molecular flexibility index (Phi) is 111. The van der Waals surface area contributed by atoms with Gasteiger partial charge in [-0.2, -0.15) is 0 Å². The first kappa shape index (κ1) is 117. The van der Waals surface area contributed by atoms with Crippen molar-refractivity contribution in [2.24, 2.45) is 0 Å². The standard InChI is InChI=1S/C8H11N.2C7H10N2.3C6H9NO.3C6H9NS.9C2H6.3CH4/c1-7(2)8-5-3-4-6-9-8;1-6(2)7-3-8-5-9-4-7;1-6(2)7-8-4-3-5-9-7;1-5(2)6-3-8-4-7-6;1-5(2)6-3-7-4-8-6;1-5(2)6-7-3-4-8-6;1-5(2)6-3-8-4-7-6;1-5(2)6-3-7-4-8-6;1-5(2)6-7-3-4-8-6;9*1-2;;;/h3-7H,1-2H3;2*3-6H,1-2H3;6*3-5H,1-2H3;9*1-2H3;3*1H4. The third-order valence-electron chi connectivity index (χ3n) is 9.65. The Morgan fingerprint density at radius 3 is 1.10 bits per heavy atom. The molecule has 0 atom stereocenters. The fourth-order valence-corrected chi connectivity index (χ4v) is 7.02. The van der Waals surface area contributed by atoms with E-state index in [1.807, 2.05) is 210 Å². The number of aromatic nitrogens is 11. The van der Waals surface area contributed by atoms with Gasteiger partial charge in [0.2, 0.25) is 0 Å². The molecule has 0 aliphatic carbocycles. The molecule has 0 saturated heterocycles. The molecule has 0 aromatic carbocycles. The monoisotopic (exact) mass is 1400 g/mol. The number of nitrogens with zero attached hydrogens (tertiary/aromatic N) is 11. The lowest BCUT2D eigenvalue weighted by Crippen LogP contribution is -1.93. The van der Waals surface area contributed by atoms with Gasteiger partial charge in [0, 0.05) is 88.4 Å². The third kappa shape index (κ3) is 72.1. The molecule has 558 valence electrons. The first-order chi connectivity index (χ1) is 44.7. The maximum absolute atomic E-state index is 4.98. The van der Waals surface area contributed by atoms with E-state index in [4.69, 9.17) is 13.3 Å². The van der Waals surface area contributed by atoms with Crippen molar-refractivity contribution in [1.29, 1.82) is 0 Å². The number of hydrogen-bond acceptors (Lipinski definition) is 17.